The summed E-state index contributed by atoms with van der Waals surface area (Å²) in [5.74, 6) is -0.542. The van der Waals surface area contributed by atoms with E-state index in [1.165, 1.54) is 6.08 Å². The fourth-order valence-electron chi connectivity index (χ4n) is 1.97. The molecule has 5 nitrogen and oxygen atoms in total. The van der Waals surface area contributed by atoms with Gasteiger partial charge >= 0.3 is 5.97 Å². The third kappa shape index (κ3) is 4.82. The number of ether oxygens (including phenoxy) is 1. The predicted octanol–water partition coefficient (Wildman–Crippen LogP) is 3.10. The van der Waals surface area contributed by atoms with Gasteiger partial charge in [-0.1, -0.05) is 35.3 Å². The molecule has 1 aromatic carbocycles. The van der Waals surface area contributed by atoms with Gasteiger partial charge in [-0.25, -0.2) is 9.48 Å². The van der Waals surface area contributed by atoms with E-state index in [1.54, 1.807) is 22.9 Å². The van der Waals surface area contributed by atoms with Crippen LogP contribution in [0.25, 0.3) is 6.08 Å². The zero-order chi connectivity index (χ0) is 16.8. The lowest BCUT2D eigenvalue weighted by atomic mass is 10.2. The van der Waals surface area contributed by atoms with Crippen LogP contribution in [0.1, 0.15) is 16.8 Å². The molecular weight excluding hydrogens is 339 g/mol. The van der Waals surface area contributed by atoms with Crippen molar-refractivity contribution in [1.29, 1.82) is 0 Å². The highest BCUT2D eigenvalue weighted by molar-refractivity contribution is 6.31. The second-order valence-corrected chi connectivity index (χ2v) is 5.59. The third-order valence-corrected chi connectivity index (χ3v) is 3.73. The average molecular weight is 355 g/mol. The highest BCUT2D eigenvalue weighted by Crippen LogP contribution is 2.22. The maximum absolute atomic E-state index is 11.4. The van der Waals surface area contributed by atoms with E-state index in [0.717, 1.165) is 5.56 Å². The molecule has 0 bridgehead atoms. The van der Waals surface area contributed by atoms with E-state index in [4.69, 9.17) is 33.0 Å². The molecule has 0 aliphatic rings. The summed E-state index contributed by atoms with van der Waals surface area (Å²) >= 11 is 12.2. The standard InChI is InChI=1S/C16H16Cl2N2O3/c1-11-14(6-7-15(22)23-9-8-21)16(18)20(19-11)10-12-2-4-13(17)5-3-12/h2-7,21H,8-10H2,1H3/b7-6+. The lowest BCUT2D eigenvalue weighted by molar-refractivity contribution is -0.138. The Labute approximate surface area is 144 Å². The number of esters is 1. The molecule has 0 saturated carbocycles. The van der Waals surface area contributed by atoms with Crippen molar-refractivity contribution in [2.24, 2.45) is 0 Å². The number of benzene rings is 1. The second kappa shape index (κ2) is 8.15. The maximum atomic E-state index is 11.4. The summed E-state index contributed by atoms with van der Waals surface area (Å²) in [5.41, 5.74) is 2.37. The molecule has 7 heteroatoms. The monoisotopic (exact) mass is 354 g/mol. The Hall–Kier alpha value is -1.82. The molecule has 0 aliphatic heterocycles. The van der Waals surface area contributed by atoms with Crippen molar-refractivity contribution in [2.45, 2.75) is 13.5 Å². The molecule has 2 rings (SSSR count). The minimum absolute atomic E-state index is 0.0360. The first-order chi connectivity index (χ1) is 11.0. The first-order valence-electron chi connectivity index (χ1n) is 6.94. The van der Waals surface area contributed by atoms with Gasteiger partial charge in [0.2, 0.25) is 0 Å². The van der Waals surface area contributed by atoms with Crippen LogP contribution in [0.2, 0.25) is 10.2 Å². The smallest absolute Gasteiger partial charge is 0.330 e. The Balaban J connectivity index is 2.14. The van der Waals surface area contributed by atoms with Crippen LogP contribution in [0.3, 0.4) is 0 Å². The van der Waals surface area contributed by atoms with E-state index in [9.17, 15) is 4.79 Å². The van der Waals surface area contributed by atoms with Gasteiger partial charge < -0.3 is 9.84 Å². The highest BCUT2D eigenvalue weighted by atomic mass is 35.5. The zero-order valence-corrected chi connectivity index (χ0v) is 14.0. The topological polar surface area (TPSA) is 64.4 Å². The molecule has 0 aliphatic carbocycles. The van der Waals surface area contributed by atoms with Gasteiger partial charge in [0.15, 0.2) is 0 Å². The molecule has 0 saturated heterocycles. The summed E-state index contributed by atoms with van der Waals surface area (Å²) in [6.07, 6.45) is 2.82. The van der Waals surface area contributed by atoms with Crippen LogP contribution >= 0.6 is 23.2 Å². The first-order valence-corrected chi connectivity index (χ1v) is 7.70. The highest BCUT2D eigenvalue weighted by Gasteiger charge is 2.12. The van der Waals surface area contributed by atoms with E-state index in [2.05, 4.69) is 5.10 Å². The van der Waals surface area contributed by atoms with Crippen LogP contribution in [-0.2, 0) is 16.1 Å². The van der Waals surface area contributed by atoms with Gasteiger partial charge in [-0.3, -0.25) is 0 Å². The fraction of sp³-hybridized carbons (Fsp3) is 0.250. The van der Waals surface area contributed by atoms with Crippen molar-refractivity contribution >= 4 is 35.2 Å². The third-order valence-electron chi connectivity index (χ3n) is 3.08. The van der Waals surface area contributed by atoms with Gasteiger partial charge in [-0.2, -0.15) is 5.10 Å². The molecule has 2 aromatic rings. The molecule has 1 N–H and O–H groups in total. The van der Waals surface area contributed by atoms with Crippen molar-refractivity contribution in [2.75, 3.05) is 13.2 Å². The molecular formula is C16H16Cl2N2O3. The number of hydrogen-bond donors (Lipinski definition) is 1. The van der Waals surface area contributed by atoms with E-state index in [0.29, 0.717) is 28.0 Å². The summed E-state index contributed by atoms with van der Waals surface area (Å²) < 4.78 is 6.40. The average Bonchev–Trinajstić information content (AvgIpc) is 2.79. The molecule has 1 aromatic heterocycles. The fourth-order valence-corrected chi connectivity index (χ4v) is 2.39. The summed E-state index contributed by atoms with van der Waals surface area (Å²) in [6, 6.07) is 7.41. The van der Waals surface area contributed by atoms with Crippen molar-refractivity contribution in [3.63, 3.8) is 0 Å². The number of halogens is 2. The normalized spacial score (nSPS) is 11.1. The van der Waals surface area contributed by atoms with E-state index in [-0.39, 0.29) is 13.2 Å². The number of aliphatic hydroxyl groups excluding tert-OH is 1. The Morgan fingerprint density at radius 3 is 2.70 bits per heavy atom. The number of rotatable bonds is 6. The minimum Gasteiger partial charge on any atom is -0.460 e. The number of aliphatic hydroxyl groups is 1. The SMILES string of the molecule is Cc1nn(Cc2ccc(Cl)cc2)c(Cl)c1/C=C/C(=O)OCCO. The lowest BCUT2D eigenvalue weighted by Crippen LogP contribution is -2.05. The molecule has 1 heterocycles. The maximum Gasteiger partial charge on any atom is 0.330 e. The van der Waals surface area contributed by atoms with E-state index in [1.807, 2.05) is 19.1 Å². The molecule has 0 fully saturated rings. The van der Waals surface area contributed by atoms with Crippen molar-refractivity contribution in [3.8, 4) is 0 Å². The molecule has 0 atom stereocenters. The Bertz CT molecular complexity index is 709. The van der Waals surface area contributed by atoms with Crippen LogP contribution < -0.4 is 0 Å². The van der Waals surface area contributed by atoms with Gasteiger partial charge in [0.1, 0.15) is 11.8 Å². The number of carbonyl (C=O) groups excluding carboxylic acids is 1. The number of nitrogens with zero attached hydrogens (tertiary/aromatic N) is 2. The van der Waals surface area contributed by atoms with Gasteiger partial charge in [0, 0.05) is 16.7 Å². The largest absolute Gasteiger partial charge is 0.460 e. The molecule has 0 unspecified atom stereocenters. The van der Waals surface area contributed by atoms with E-state index < -0.39 is 5.97 Å². The van der Waals surface area contributed by atoms with Crippen LogP contribution in [0.4, 0.5) is 0 Å². The van der Waals surface area contributed by atoms with Gasteiger partial charge in [-0.15, -0.1) is 0 Å². The van der Waals surface area contributed by atoms with Gasteiger partial charge in [0.25, 0.3) is 0 Å². The predicted molar refractivity (Wildman–Crippen MR) is 89.6 cm³/mol. The Morgan fingerprint density at radius 1 is 1.35 bits per heavy atom. The molecule has 0 amide bonds. The molecule has 23 heavy (non-hydrogen) atoms. The van der Waals surface area contributed by atoms with Gasteiger partial charge in [-0.05, 0) is 30.7 Å². The van der Waals surface area contributed by atoms with Crippen molar-refractivity contribution in [1.82, 2.24) is 9.78 Å². The summed E-state index contributed by atoms with van der Waals surface area (Å²) in [7, 11) is 0. The Morgan fingerprint density at radius 2 is 2.04 bits per heavy atom. The number of aromatic nitrogens is 2. The summed E-state index contributed by atoms with van der Waals surface area (Å²) in [4.78, 5) is 11.4. The van der Waals surface area contributed by atoms with Gasteiger partial charge in [0.05, 0.1) is 18.8 Å². The quantitative estimate of drug-likeness (QED) is 0.639. The number of hydrogen-bond acceptors (Lipinski definition) is 4. The first kappa shape index (κ1) is 17.5. The Kier molecular flexibility index (Phi) is 6.21. The number of aryl methyl sites for hydroxylation is 1. The lowest BCUT2D eigenvalue weighted by Gasteiger charge is -2.03. The molecule has 0 spiro atoms. The van der Waals surface area contributed by atoms with E-state index >= 15 is 0 Å². The van der Waals surface area contributed by atoms with Crippen LogP contribution in [0.5, 0.6) is 0 Å². The van der Waals surface area contributed by atoms with Crippen LogP contribution in [0.15, 0.2) is 30.3 Å². The summed E-state index contributed by atoms with van der Waals surface area (Å²) in [6.45, 7) is 2.06. The van der Waals surface area contributed by atoms with Crippen molar-refractivity contribution in [3.05, 3.63) is 57.3 Å². The number of carbonyl (C=O) groups is 1. The minimum atomic E-state index is -0.542. The zero-order valence-electron chi connectivity index (χ0n) is 12.5. The molecule has 122 valence electrons. The van der Waals surface area contributed by atoms with Crippen molar-refractivity contribution < 1.29 is 14.6 Å². The van der Waals surface area contributed by atoms with Crippen LogP contribution in [-0.4, -0.2) is 34.1 Å². The molecule has 0 radical (unpaired) electrons. The summed E-state index contributed by atoms with van der Waals surface area (Å²) in [5, 5.41) is 14.1. The second-order valence-electron chi connectivity index (χ2n) is 4.80. The van der Waals surface area contributed by atoms with Crippen LogP contribution in [0, 0.1) is 6.92 Å².